The Hall–Kier alpha value is -6.76. The van der Waals surface area contributed by atoms with Crippen LogP contribution in [0.5, 0.6) is 0 Å². The third-order valence-corrected chi connectivity index (χ3v) is 16.9. The summed E-state index contributed by atoms with van der Waals surface area (Å²) in [6.45, 7) is 9.35. The Morgan fingerprint density at radius 3 is 1.06 bits per heavy atom. The third kappa shape index (κ3) is 6.33. The van der Waals surface area contributed by atoms with Gasteiger partial charge in [-0.05, 0) is 113 Å². The summed E-state index contributed by atoms with van der Waals surface area (Å²) < 4.78 is 2.49. The zero-order valence-electron chi connectivity index (χ0n) is 35.5. The van der Waals surface area contributed by atoms with E-state index in [9.17, 15) is 0 Å². The molecule has 0 fully saturated rings. The summed E-state index contributed by atoms with van der Waals surface area (Å²) in [5, 5.41) is 13.6. The van der Waals surface area contributed by atoms with E-state index in [2.05, 4.69) is 209 Å². The standard InChI is InChI=1S/C58H42N2S2Si/c1-35-21-31-49-51(33-35)61-57(59-49)38-26-22-36(23-27-38)53-41-13-5-9-17-45(41)55(46-18-10-6-14-42(46)53)56-47-19-11-7-15-43(47)54(44-16-8-12-20-48(44)56)37-24-28-39(29-25-37)58-60-50-32-30-40(63(2,3)4)34-52(50)62-58/h5-34H,1-4H3. The monoisotopic (exact) mass is 858 g/mol. The van der Waals surface area contributed by atoms with Crippen molar-refractivity contribution >= 4 is 99.5 Å². The van der Waals surface area contributed by atoms with Crippen LogP contribution in [-0.2, 0) is 0 Å². The zero-order valence-corrected chi connectivity index (χ0v) is 38.2. The second-order valence-corrected chi connectivity index (χ2v) is 24.9. The molecule has 0 unspecified atom stereocenters. The molecule has 0 aliphatic rings. The fraction of sp³-hybridized carbons (Fsp3) is 0.0690. The Bertz CT molecular complexity index is 3660. The van der Waals surface area contributed by atoms with Gasteiger partial charge in [-0.2, -0.15) is 0 Å². The average molecular weight is 859 g/mol. The molecular weight excluding hydrogens is 817 g/mol. The summed E-state index contributed by atoms with van der Waals surface area (Å²) in [6.07, 6.45) is 0. The number of rotatable bonds is 6. The lowest BCUT2D eigenvalue weighted by molar-refractivity contribution is 1.45. The highest BCUT2D eigenvalue weighted by atomic mass is 32.1. The van der Waals surface area contributed by atoms with Crippen molar-refractivity contribution in [2.45, 2.75) is 26.6 Å². The second-order valence-electron chi connectivity index (χ2n) is 17.8. The van der Waals surface area contributed by atoms with Crippen molar-refractivity contribution in [2.75, 3.05) is 0 Å². The highest BCUT2D eigenvalue weighted by molar-refractivity contribution is 7.22. The molecule has 0 spiro atoms. The van der Waals surface area contributed by atoms with Gasteiger partial charge < -0.3 is 0 Å². The molecule has 0 amide bonds. The van der Waals surface area contributed by atoms with Crippen LogP contribution in [0.25, 0.3) is 118 Å². The number of thiazole rings is 2. The molecule has 2 aromatic heterocycles. The lowest BCUT2D eigenvalue weighted by Gasteiger charge is -2.22. The average Bonchev–Trinajstić information content (AvgIpc) is 3.94. The quantitative estimate of drug-likeness (QED) is 0.123. The van der Waals surface area contributed by atoms with E-state index in [1.54, 1.807) is 22.7 Å². The van der Waals surface area contributed by atoms with E-state index in [0.717, 1.165) is 32.2 Å². The molecule has 0 saturated carbocycles. The first kappa shape index (κ1) is 38.0. The molecule has 0 aliphatic carbocycles. The molecule has 0 radical (unpaired) electrons. The van der Waals surface area contributed by atoms with E-state index in [4.69, 9.17) is 9.97 Å². The van der Waals surface area contributed by atoms with Crippen LogP contribution in [0.2, 0.25) is 19.6 Å². The van der Waals surface area contributed by atoms with E-state index in [1.807, 2.05) is 0 Å². The molecule has 0 aliphatic heterocycles. The highest BCUT2D eigenvalue weighted by Crippen LogP contribution is 2.50. The van der Waals surface area contributed by atoms with Gasteiger partial charge in [0, 0.05) is 11.1 Å². The minimum absolute atomic E-state index is 1.05. The van der Waals surface area contributed by atoms with E-state index in [-0.39, 0.29) is 0 Å². The van der Waals surface area contributed by atoms with Gasteiger partial charge in [0.05, 0.1) is 28.5 Å². The molecule has 300 valence electrons. The van der Waals surface area contributed by atoms with Crippen molar-refractivity contribution in [3.63, 3.8) is 0 Å². The Morgan fingerprint density at radius 2 is 0.683 bits per heavy atom. The summed E-state index contributed by atoms with van der Waals surface area (Å²) in [6, 6.07) is 67.6. The second kappa shape index (κ2) is 14.7. The van der Waals surface area contributed by atoms with Crippen LogP contribution in [0.15, 0.2) is 182 Å². The molecule has 0 bridgehead atoms. The first-order chi connectivity index (χ1) is 30.8. The number of nitrogens with zero attached hydrogens (tertiary/aromatic N) is 2. The number of hydrogen-bond donors (Lipinski definition) is 0. The zero-order chi connectivity index (χ0) is 42.4. The number of aryl methyl sites for hydroxylation is 1. The molecule has 2 nitrogen and oxygen atoms in total. The van der Waals surface area contributed by atoms with Gasteiger partial charge in [-0.1, -0.05) is 183 Å². The van der Waals surface area contributed by atoms with Crippen molar-refractivity contribution in [1.29, 1.82) is 0 Å². The van der Waals surface area contributed by atoms with Gasteiger partial charge in [-0.3, -0.25) is 0 Å². The Kier molecular flexibility index (Phi) is 8.84. The molecule has 2 heterocycles. The van der Waals surface area contributed by atoms with Crippen molar-refractivity contribution < 1.29 is 0 Å². The lowest BCUT2D eigenvalue weighted by atomic mass is 9.81. The highest BCUT2D eigenvalue weighted by Gasteiger charge is 2.23. The van der Waals surface area contributed by atoms with E-state index in [0.29, 0.717) is 0 Å². The summed E-state index contributed by atoms with van der Waals surface area (Å²) in [7, 11) is -1.42. The van der Waals surface area contributed by atoms with Crippen LogP contribution in [0.1, 0.15) is 5.56 Å². The van der Waals surface area contributed by atoms with Crippen LogP contribution in [0.4, 0.5) is 0 Å². The lowest BCUT2D eigenvalue weighted by Crippen LogP contribution is -2.37. The molecule has 10 aromatic carbocycles. The normalized spacial score (nSPS) is 12.1. The van der Waals surface area contributed by atoms with Gasteiger partial charge in [0.1, 0.15) is 10.0 Å². The van der Waals surface area contributed by atoms with Crippen molar-refractivity contribution in [1.82, 2.24) is 9.97 Å². The van der Waals surface area contributed by atoms with Gasteiger partial charge in [0.2, 0.25) is 0 Å². The van der Waals surface area contributed by atoms with Gasteiger partial charge in [-0.15, -0.1) is 22.7 Å². The molecule has 0 saturated heterocycles. The van der Waals surface area contributed by atoms with Crippen LogP contribution < -0.4 is 5.19 Å². The third-order valence-electron chi connectivity index (χ3n) is 12.8. The summed E-state index contributed by atoms with van der Waals surface area (Å²) in [5.74, 6) is 0. The maximum atomic E-state index is 5.09. The Balaban J connectivity index is 1.02. The predicted molar refractivity (Wildman–Crippen MR) is 278 cm³/mol. The van der Waals surface area contributed by atoms with Gasteiger partial charge in [0.15, 0.2) is 0 Å². The summed E-state index contributed by atoms with van der Waals surface area (Å²) in [5.41, 5.74) is 13.1. The van der Waals surface area contributed by atoms with Gasteiger partial charge >= 0.3 is 0 Å². The minimum atomic E-state index is -1.42. The van der Waals surface area contributed by atoms with Crippen LogP contribution >= 0.6 is 22.7 Å². The topological polar surface area (TPSA) is 25.8 Å². The Labute approximate surface area is 375 Å². The molecule has 5 heteroatoms. The van der Waals surface area contributed by atoms with Crippen molar-refractivity contribution in [2.24, 2.45) is 0 Å². The molecule has 12 aromatic rings. The molecule has 0 N–H and O–H groups in total. The smallest absolute Gasteiger partial charge is 0.124 e. The molecule has 0 atom stereocenters. The number of hydrogen-bond acceptors (Lipinski definition) is 4. The maximum absolute atomic E-state index is 5.09. The van der Waals surface area contributed by atoms with Gasteiger partial charge in [0.25, 0.3) is 0 Å². The minimum Gasteiger partial charge on any atom is -0.236 e. The van der Waals surface area contributed by atoms with Crippen LogP contribution in [-0.4, -0.2) is 18.0 Å². The molecule has 12 rings (SSSR count). The number of fused-ring (bicyclic) bond motifs is 6. The molecule has 63 heavy (non-hydrogen) atoms. The number of aromatic nitrogens is 2. The summed E-state index contributed by atoms with van der Waals surface area (Å²) >= 11 is 3.56. The van der Waals surface area contributed by atoms with Crippen LogP contribution in [0, 0.1) is 6.92 Å². The van der Waals surface area contributed by atoms with Gasteiger partial charge in [-0.25, -0.2) is 9.97 Å². The Morgan fingerprint density at radius 1 is 0.349 bits per heavy atom. The largest absolute Gasteiger partial charge is 0.236 e. The fourth-order valence-corrected chi connectivity index (χ4v) is 13.0. The first-order valence-electron chi connectivity index (χ1n) is 21.6. The van der Waals surface area contributed by atoms with E-state index < -0.39 is 8.07 Å². The summed E-state index contributed by atoms with van der Waals surface area (Å²) in [4.78, 5) is 10.1. The maximum Gasteiger partial charge on any atom is 0.124 e. The van der Waals surface area contributed by atoms with Crippen molar-refractivity contribution in [3.05, 3.63) is 188 Å². The van der Waals surface area contributed by atoms with E-state index >= 15 is 0 Å². The SMILES string of the molecule is Cc1ccc2nc(-c3ccc(-c4c5ccccc5c(-c5c6ccccc6c(-c6ccc(-c7nc8ccc([Si](C)(C)C)cc8s7)cc6)c6ccccc56)c5ccccc45)cc3)sc2c1. The van der Waals surface area contributed by atoms with E-state index in [1.165, 1.54) is 96.6 Å². The predicted octanol–water partition coefficient (Wildman–Crippen LogP) is 16.7. The van der Waals surface area contributed by atoms with Crippen LogP contribution in [0.3, 0.4) is 0 Å². The fourth-order valence-electron chi connectivity index (χ4n) is 9.65. The first-order valence-corrected chi connectivity index (χ1v) is 26.8. The molecular formula is C58H42N2S2Si. The number of benzene rings is 10. The van der Waals surface area contributed by atoms with Crippen molar-refractivity contribution in [3.8, 4) is 54.5 Å².